The van der Waals surface area contributed by atoms with Crippen LogP contribution in [0, 0.1) is 11.8 Å². The molecule has 0 aliphatic heterocycles. The number of hydrogen-bond donors (Lipinski definition) is 1. The summed E-state index contributed by atoms with van der Waals surface area (Å²) < 4.78 is 0. The predicted octanol–water partition coefficient (Wildman–Crippen LogP) is 3.98. The summed E-state index contributed by atoms with van der Waals surface area (Å²) in [5, 5.41) is 3.77. The van der Waals surface area contributed by atoms with Crippen molar-refractivity contribution >= 4 is 0 Å². The van der Waals surface area contributed by atoms with E-state index in [2.05, 4.69) is 26.1 Å². The molecule has 1 heteroatoms. The molecular formula is C14H29N. The van der Waals surface area contributed by atoms with Gasteiger partial charge in [0.25, 0.3) is 0 Å². The summed E-state index contributed by atoms with van der Waals surface area (Å²) in [6.45, 7) is 8.20. The average Bonchev–Trinajstić information content (AvgIpc) is 2.31. The maximum atomic E-state index is 3.77. The predicted molar refractivity (Wildman–Crippen MR) is 68.1 cm³/mol. The lowest BCUT2D eigenvalue weighted by Crippen LogP contribution is -2.36. The van der Waals surface area contributed by atoms with E-state index in [0.717, 1.165) is 17.9 Å². The number of hydrogen-bond acceptors (Lipinski definition) is 1. The number of rotatable bonds is 6. The fourth-order valence-corrected chi connectivity index (χ4v) is 2.69. The van der Waals surface area contributed by atoms with Crippen LogP contribution in [-0.4, -0.2) is 12.6 Å². The second-order valence-corrected chi connectivity index (χ2v) is 5.22. The zero-order valence-corrected chi connectivity index (χ0v) is 10.9. The third-order valence-corrected chi connectivity index (χ3v) is 4.27. The first-order valence-corrected chi connectivity index (χ1v) is 7.03. The van der Waals surface area contributed by atoms with Crippen molar-refractivity contribution < 1.29 is 0 Å². The van der Waals surface area contributed by atoms with Gasteiger partial charge >= 0.3 is 0 Å². The number of nitrogens with one attached hydrogen (secondary N) is 1. The zero-order valence-electron chi connectivity index (χ0n) is 10.9. The summed E-state index contributed by atoms with van der Waals surface area (Å²) in [7, 11) is 0. The molecule has 0 atom stereocenters. The Morgan fingerprint density at radius 3 is 2.07 bits per heavy atom. The van der Waals surface area contributed by atoms with Crippen molar-refractivity contribution in [1.82, 2.24) is 5.32 Å². The normalized spacial score (nSPS) is 27.2. The molecule has 1 aliphatic carbocycles. The minimum atomic E-state index is 0.827. The Balaban J connectivity index is 2.12. The first-order valence-electron chi connectivity index (χ1n) is 7.03. The van der Waals surface area contributed by atoms with Gasteiger partial charge in [0.1, 0.15) is 0 Å². The molecule has 0 spiro atoms. The molecule has 1 nitrogen and oxygen atoms in total. The first-order chi connectivity index (χ1) is 7.30. The molecule has 1 saturated carbocycles. The summed E-state index contributed by atoms with van der Waals surface area (Å²) >= 11 is 0. The fourth-order valence-electron chi connectivity index (χ4n) is 2.69. The van der Waals surface area contributed by atoms with E-state index in [4.69, 9.17) is 0 Å². The van der Waals surface area contributed by atoms with Crippen LogP contribution in [0.1, 0.15) is 65.7 Å². The van der Waals surface area contributed by atoms with Crippen molar-refractivity contribution in [3.8, 4) is 0 Å². The van der Waals surface area contributed by atoms with E-state index in [-0.39, 0.29) is 0 Å². The Labute approximate surface area is 96.0 Å². The molecule has 0 aromatic carbocycles. The summed E-state index contributed by atoms with van der Waals surface area (Å²) in [4.78, 5) is 0. The topological polar surface area (TPSA) is 12.0 Å². The fraction of sp³-hybridized carbons (Fsp3) is 1.00. The van der Waals surface area contributed by atoms with Crippen molar-refractivity contribution in [2.75, 3.05) is 6.54 Å². The minimum absolute atomic E-state index is 0.827. The summed E-state index contributed by atoms with van der Waals surface area (Å²) in [5.41, 5.74) is 0. The van der Waals surface area contributed by atoms with E-state index in [1.165, 1.54) is 51.5 Å². The van der Waals surface area contributed by atoms with Crippen LogP contribution in [0.25, 0.3) is 0 Å². The minimum Gasteiger partial charge on any atom is -0.314 e. The molecule has 0 radical (unpaired) electrons. The van der Waals surface area contributed by atoms with Crippen LogP contribution in [0.4, 0.5) is 0 Å². The molecular weight excluding hydrogens is 182 g/mol. The van der Waals surface area contributed by atoms with Gasteiger partial charge in [0.2, 0.25) is 0 Å². The average molecular weight is 211 g/mol. The molecule has 0 heterocycles. The van der Waals surface area contributed by atoms with Crippen molar-refractivity contribution in [3.63, 3.8) is 0 Å². The molecule has 0 aromatic heterocycles. The van der Waals surface area contributed by atoms with E-state index in [0.29, 0.717) is 0 Å². The van der Waals surface area contributed by atoms with Gasteiger partial charge in [-0.1, -0.05) is 40.0 Å². The smallest absolute Gasteiger partial charge is 0.00673 e. The standard InChI is InChI=1S/C14H29N/c1-4-12(5-2)11-15-14-9-7-13(6-3)8-10-14/h12-15H,4-11H2,1-3H3. The van der Waals surface area contributed by atoms with Gasteiger partial charge in [0.05, 0.1) is 0 Å². The van der Waals surface area contributed by atoms with Crippen molar-refractivity contribution in [3.05, 3.63) is 0 Å². The molecule has 0 bridgehead atoms. The molecule has 1 N–H and O–H groups in total. The van der Waals surface area contributed by atoms with Gasteiger partial charge in [0.15, 0.2) is 0 Å². The highest BCUT2D eigenvalue weighted by molar-refractivity contribution is 4.77. The largest absolute Gasteiger partial charge is 0.314 e. The SMILES string of the molecule is CCC1CCC(NCC(CC)CC)CC1. The van der Waals surface area contributed by atoms with Crippen LogP contribution < -0.4 is 5.32 Å². The van der Waals surface area contributed by atoms with Gasteiger partial charge < -0.3 is 5.32 Å². The van der Waals surface area contributed by atoms with Gasteiger partial charge in [-0.05, 0) is 44.1 Å². The molecule has 0 amide bonds. The molecule has 90 valence electrons. The van der Waals surface area contributed by atoms with Gasteiger partial charge in [-0.3, -0.25) is 0 Å². The van der Waals surface area contributed by atoms with Gasteiger partial charge in [-0.2, -0.15) is 0 Å². The maximum Gasteiger partial charge on any atom is 0.00673 e. The zero-order chi connectivity index (χ0) is 11.1. The Kier molecular flexibility index (Phi) is 6.31. The molecule has 15 heavy (non-hydrogen) atoms. The lowest BCUT2D eigenvalue weighted by atomic mass is 9.84. The van der Waals surface area contributed by atoms with Crippen LogP contribution in [0.15, 0.2) is 0 Å². The van der Waals surface area contributed by atoms with Crippen LogP contribution in [0.2, 0.25) is 0 Å². The Morgan fingerprint density at radius 2 is 1.60 bits per heavy atom. The van der Waals surface area contributed by atoms with Gasteiger partial charge in [-0.25, -0.2) is 0 Å². The Bertz CT molecular complexity index is 143. The van der Waals surface area contributed by atoms with Crippen molar-refractivity contribution in [1.29, 1.82) is 0 Å². The molecule has 0 saturated heterocycles. The lowest BCUT2D eigenvalue weighted by Gasteiger charge is -2.29. The Hall–Kier alpha value is -0.0400. The van der Waals surface area contributed by atoms with Crippen LogP contribution in [0.3, 0.4) is 0 Å². The molecule has 1 fully saturated rings. The second kappa shape index (κ2) is 7.27. The molecule has 1 aliphatic rings. The van der Waals surface area contributed by atoms with Crippen molar-refractivity contribution in [2.45, 2.75) is 71.8 Å². The van der Waals surface area contributed by atoms with E-state index in [1.807, 2.05) is 0 Å². The summed E-state index contributed by atoms with van der Waals surface area (Å²) in [6.07, 6.45) is 9.78. The monoisotopic (exact) mass is 211 g/mol. The highest BCUT2D eigenvalue weighted by Gasteiger charge is 2.19. The van der Waals surface area contributed by atoms with E-state index < -0.39 is 0 Å². The van der Waals surface area contributed by atoms with Gasteiger partial charge in [-0.15, -0.1) is 0 Å². The van der Waals surface area contributed by atoms with Crippen LogP contribution in [0.5, 0.6) is 0 Å². The third-order valence-electron chi connectivity index (χ3n) is 4.27. The Morgan fingerprint density at radius 1 is 1.00 bits per heavy atom. The van der Waals surface area contributed by atoms with Crippen LogP contribution >= 0.6 is 0 Å². The van der Waals surface area contributed by atoms with Crippen molar-refractivity contribution in [2.24, 2.45) is 11.8 Å². The van der Waals surface area contributed by atoms with E-state index in [9.17, 15) is 0 Å². The highest BCUT2D eigenvalue weighted by atomic mass is 14.9. The highest BCUT2D eigenvalue weighted by Crippen LogP contribution is 2.26. The molecule has 1 rings (SSSR count). The molecule has 0 aromatic rings. The second-order valence-electron chi connectivity index (χ2n) is 5.22. The lowest BCUT2D eigenvalue weighted by molar-refractivity contribution is 0.274. The third kappa shape index (κ3) is 4.55. The van der Waals surface area contributed by atoms with Crippen LogP contribution in [-0.2, 0) is 0 Å². The summed E-state index contributed by atoms with van der Waals surface area (Å²) in [5.74, 6) is 1.92. The first kappa shape index (κ1) is 13.0. The summed E-state index contributed by atoms with van der Waals surface area (Å²) in [6, 6.07) is 0.827. The quantitative estimate of drug-likeness (QED) is 0.700. The molecule has 0 unspecified atom stereocenters. The van der Waals surface area contributed by atoms with E-state index >= 15 is 0 Å². The van der Waals surface area contributed by atoms with Gasteiger partial charge in [0, 0.05) is 6.04 Å². The van der Waals surface area contributed by atoms with E-state index in [1.54, 1.807) is 0 Å². The maximum absolute atomic E-state index is 3.77.